The maximum Gasteiger partial charge on any atom is 0.294 e. The molecule has 0 aliphatic rings. The third-order valence-electron chi connectivity index (χ3n) is 4.23. The lowest BCUT2D eigenvalue weighted by Gasteiger charge is -2.13. The average molecular weight is 354 g/mol. The number of hydrogen-bond donors (Lipinski definition) is 2. The normalized spacial score (nSPS) is 12.7. The summed E-state index contributed by atoms with van der Waals surface area (Å²) in [5.41, 5.74) is 2.36. The molecule has 0 unspecified atom stereocenters. The Labute approximate surface area is 148 Å². The van der Waals surface area contributed by atoms with Gasteiger partial charge in [-0.05, 0) is 36.8 Å². The van der Waals surface area contributed by atoms with Crippen LogP contribution < -0.4 is 10.9 Å². The first kappa shape index (κ1) is 15.9. The summed E-state index contributed by atoms with van der Waals surface area (Å²) in [6.07, 6.45) is 0. The summed E-state index contributed by atoms with van der Waals surface area (Å²) < 4.78 is 5.61. The maximum atomic E-state index is 12.3. The van der Waals surface area contributed by atoms with Crippen molar-refractivity contribution in [3.05, 3.63) is 75.3 Å². The van der Waals surface area contributed by atoms with E-state index < -0.39 is 0 Å². The molecule has 0 fully saturated rings. The van der Waals surface area contributed by atoms with E-state index in [0.717, 1.165) is 10.9 Å². The third kappa shape index (κ3) is 3.04. The largest absolute Gasteiger partial charge is 0.449 e. The maximum absolute atomic E-state index is 12.3. The van der Waals surface area contributed by atoms with Gasteiger partial charge in [-0.3, -0.25) is 4.79 Å². The van der Waals surface area contributed by atoms with Crippen LogP contribution in [-0.4, -0.2) is 9.97 Å². The molecule has 0 saturated heterocycles. The molecule has 0 bridgehead atoms. The number of furan rings is 1. The highest BCUT2D eigenvalue weighted by atomic mass is 35.5. The summed E-state index contributed by atoms with van der Waals surface area (Å²) in [6, 6.07) is 15.3. The van der Waals surface area contributed by atoms with Gasteiger partial charge in [0, 0.05) is 16.5 Å². The lowest BCUT2D eigenvalue weighted by Crippen LogP contribution is -2.22. The first-order valence-electron chi connectivity index (χ1n) is 8.01. The molecule has 0 aliphatic heterocycles. The van der Waals surface area contributed by atoms with Gasteiger partial charge in [0.15, 0.2) is 0 Å². The van der Waals surface area contributed by atoms with Gasteiger partial charge < -0.3 is 14.7 Å². The molecule has 2 N–H and O–H groups in total. The number of H-pyrrole nitrogens is 1. The minimum Gasteiger partial charge on any atom is -0.449 e. The number of fused-ring (bicyclic) bond motifs is 3. The lowest BCUT2D eigenvalue weighted by atomic mass is 10.1. The second kappa shape index (κ2) is 6.35. The van der Waals surface area contributed by atoms with E-state index in [9.17, 15) is 4.79 Å². The Morgan fingerprint density at radius 3 is 2.76 bits per heavy atom. The van der Waals surface area contributed by atoms with Crippen LogP contribution in [0.2, 0.25) is 5.02 Å². The van der Waals surface area contributed by atoms with Crippen molar-refractivity contribution < 1.29 is 4.42 Å². The molecule has 4 aromatic rings. The van der Waals surface area contributed by atoms with E-state index in [1.807, 2.05) is 55.5 Å². The number of nitrogens with zero attached hydrogens (tertiary/aromatic N) is 1. The number of para-hydroxylation sites is 1. The summed E-state index contributed by atoms with van der Waals surface area (Å²) >= 11 is 5.92. The number of aromatic amines is 1. The predicted octanol–water partition coefficient (Wildman–Crippen LogP) is 4.17. The summed E-state index contributed by atoms with van der Waals surface area (Å²) in [7, 11) is 0. The fraction of sp³-hybridized carbons (Fsp3) is 0.158. The molecule has 2 aromatic heterocycles. The van der Waals surface area contributed by atoms with Gasteiger partial charge in [-0.15, -0.1) is 0 Å². The molecule has 25 heavy (non-hydrogen) atoms. The van der Waals surface area contributed by atoms with E-state index >= 15 is 0 Å². The molecular formula is C19H16ClN3O2. The molecule has 5 nitrogen and oxygen atoms in total. The summed E-state index contributed by atoms with van der Waals surface area (Å²) in [5.74, 6) is 0.574. The van der Waals surface area contributed by atoms with Gasteiger partial charge in [-0.2, -0.15) is 0 Å². The zero-order chi connectivity index (χ0) is 17.4. The topological polar surface area (TPSA) is 70.9 Å². The van der Waals surface area contributed by atoms with Crippen molar-refractivity contribution in [2.45, 2.75) is 19.5 Å². The second-order valence-electron chi connectivity index (χ2n) is 5.94. The van der Waals surface area contributed by atoms with Crippen LogP contribution in [0.3, 0.4) is 0 Å². The van der Waals surface area contributed by atoms with Crippen LogP contribution in [0.5, 0.6) is 0 Å². The van der Waals surface area contributed by atoms with Crippen LogP contribution in [0.4, 0.5) is 0 Å². The first-order chi connectivity index (χ1) is 12.1. The third-order valence-corrected chi connectivity index (χ3v) is 4.48. The average Bonchev–Trinajstić information content (AvgIpc) is 3.00. The zero-order valence-corrected chi connectivity index (χ0v) is 14.3. The molecule has 0 aliphatic carbocycles. The van der Waals surface area contributed by atoms with Gasteiger partial charge in [0.2, 0.25) is 5.58 Å². The number of benzene rings is 2. The fourth-order valence-electron chi connectivity index (χ4n) is 2.85. The highest BCUT2D eigenvalue weighted by Gasteiger charge is 2.13. The highest BCUT2D eigenvalue weighted by Crippen LogP contribution is 2.24. The molecule has 6 heteroatoms. The van der Waals surface area contributed by atoms with Gasteiger partial charge in [0.05, 0.1) is 6.54 Å². The Kier molecular flexibility index (Phi) is 4.03. The van der Waals surface area contributed by atoms with Crippen LogP contribution in [-0.2, 0) is 6.54 Å². The Bertz CT molecular complexity index is 1100. The van der Waals surface area contributed by atoms with Crippen LogP contribution in [0.25, 0.3) is 22.1 Å². The van der Waals surface area contributed by atoms with Crippen molar-refractivity contribution in [2.24, 2.45) is 0 Å². The standard InChI is InChI=1S/C19H16ClN3O2/c1-11(12-6-8-13(20)9-7-12)21-10-16-22-17-14-4-2-3-5-15(14)25-18(17)19(24)23-16/h2-9,11,21H,10H2,1H3,(H,22,23,24)/t11-/m1/s1. The van der Waals surface area contributed by atoms with Crippen molar-refractivity contribution in [3.63, 3.8) is 0 Å². The first-order valence-corrected chi connectivity index (χ1v) is 8.39. The van der Waals surface area contributed by atoms with E-state index in [1.54, 1.807) is 0 Å². The van der Waals surface area contributed by atoms with Crippen molar-refractivity contribution >= 4 is 33.7 Å². The molecule has 0 radical (unpaired) electrons. The van der Waals surface area contributed by atoms with E-state index in [2.05, 4.69) is 15.3 Å². The Hall–Kier alpha value is -2.63. The van der Waals surface area contributed by atoms with Crippen molar-refractivity contribution in [3.8, 4) is 0 Å². The Balaban J connectivity index is 1.62. The van der Waals surface area contributed by atoms with Gasteiger partial charge >= 0.3 is 0 Å². The van der Waals surface area contributed by atoms with Crippen molar-refractivity contribution in [1.82, 2.24) is 15.3 Å². The van der Waals surface area contributed by atoms with Crippen LogP contribution >= 0.6 is 11.6 Å². The molecule has 0 saturated carbocycles. The lowest BCUT2D eigenvalue weighted by molar-refractivity contribution is 0.558. The monoisotopic (exact) mass is 353 g/mol. The van der Waals surface area contributed by atoms with Gasteiger partial charge in [0.1, 0.15) is 16.9 Å². The minimum absolute atomic E-state index is 0.0966. The van der Waals surface area contributed by atoms with Crippen LogP contribution in [0, 0.1) is 0 Å². The number of halogens is 1. The molecular weight excluding hydrogens is 338 g/mol. The summed E-state index contributed by atoms with van der Waals surface area (Å²) in [4.78, 5) is 19.6. The van der Waals surface area contributed by atoms with E-state index in [-0.39, 0.29) is 17.2 Å². The van der Waals surface area contributed by atoms with E-state index in [1.165, 1.54) is 0 Å². The molecule has 0 amide bonds. The highest BCUT2D eigenvalue weighted by molar-refractivity contribution is 6.30. The molecule has 2 aromatic carbocycles. The summed E-state index contributed by atoms with van der Waals surface area (Å²) in [6.45, 7) is 2.49. The smallest absolute Gasteiger partial charge is 0.294 e. The van der Waals surface area contributed by atoms with E-state index in [4.69, 9.17) is 16.0 Å². The molecule has 1 atom stereocenters. The molecule has 126 valence electrons. The fourth-order valence-corrected chi connectivity index (χ4v) is 2.98. The van der Waals surface area contributed by atoms with Crippen LogP contribution in [0.1, 0.15) is 24.4 Å². The number of rotatable bonds is 4. The SMILES string of the molecule is C[C@@H](NCc1nc2c(oc3ccccc32)c(=O)[nH]1)c1ccc(Cl)cc1. The molecule has 0 spiro atoms. The van der Waals surface area contributed by atoms with Crippen LogP contribution in [0.15, 0.2) is 57.7 Å². The zero-order valence-electron chi connectivity index (χ0n) is 13.5. The van der Waals surface area contributed by atoms with Gasteiger partial charge in [-0.1, -0.05) is 35.9 Å². The van der Waals surface area contributed by atoms with E-state index in [0.29, 0.717) is 28.5 Å². The number of aromatic nitrogens is 2. The van der Waals surface area contributed by atoms with Crippen molar-refractivity contribution in [1.29, 1.82) is 0 Å². The molecule has 2 heterocycles. The molecule has 4 rings (SSSR count). The Morgan fingerprint density at radius 1 is 1.20 bits per heavy atom. The summed E-state index contributed by atoms with van der Waals surface area (Å²) in [5, 5.41) is 4.91. The van der Waals surface area contributed by atoms with Crippen molar-refractivity contribution in [2.75, 3.05) is 0 Å². The second-order valence-corrected chi connectivity index (χ2v) is 6.38. The minimum atomic E-state index is -0.267. The number of nitrogens with one attached hydrogen (secondary N) is 2. The number of hydrogen-bond acceptors (Lipinski definition) is 4. The predicted molar refractivity (Wildman–Crippen MR) is 98.8 cm³/mol. The Morgan fingerprint density at radius 2 is 1.96 bits per heavy atom. The quantitative estimate of drug-likeness (QED) is 0.577. The van der Waals surface area contributed by atoms with Gasteiger partial charge in [-0.25, -0.2) is 4.98 Å². The van der Waals surface area contributed by atoms with Gasteiger partial charge in [0.25, 0.3) is 5.56 Å².